The average molecular weight is 492 g/mol. The number of rotatable bonds is 8. The van der Waals surface area contributed by atoms with Gasteiger partial charge in [-0.15, -0.1) is 0 Å². The van der Waals surface area contributed by atoms with Crippen LogP contribution in [-0.2, 0) is 11.2 Å². The van der Waals surface area contributed by atoms with Crippen LogP contribution in [0.4, 0.5) is 0 Å². The Kier molecular flexibility index (Phi) is 6.64. The first kappa shape index (κ1) is 23.2. The van der Waals surface area contributed by atoms with Gasteiger partial charge in [0.1, 0.15) is 17.2 Å². The number of carboxylic acids is 1. The Morgan fingerprint density at radius 1 is 1.00 bits per heavy atom. The van der Waals surface area contributed by atoms with Gasteiger partial charge in [-0.1, -0.05) is 30.3 Å². The molecule has 1 fully saturated rings. The fourth-order valence-electron chi connectivity index (χ4n) is 4.40. The third-order valence-corrected chi connectivity index (χ3v) is 6.81. The highest BCUT2D eigenvalue weighted by Crippen LogP contribution is 2.49. The normalized spacial score (nSPS) is 16.7. The van der Waals surface area contributed by atoms with Gasteiger partial charge in [0, 0.05) is 35.5 Å². The van der Waals surface area contributed by atoms with Gasteiger partial charge in [0.15, 0.2) is 0 Å². The molecule has 2 aliphatic rings. The van der Waals surface area contributed by atoms with Crippen LogP contribution in [0.1, 0.15) is 58.1 Å². The van der Waals surface area contributed by atoms with E-state index in [0.29, 0.717) is 54.7 Å². The van der Waals surface area contributed by atoms with Gasteiger partial charge in [0.05, 0.1) is 12.5 Å². The smallest absolute Gasteiger partial charge is 0.311 e. The standard InChI is InChI=1S/C28H26ClNO5/c29-30(14-12-18-4-2-1-3-5-18)27(31)20-8-10-21(11-9-20)35-26-17-25-24(16-23(26)19-6-7-19)22(28(32)33)13-15-34-25/h1-5,8-11,16-17,19,22H,6-7,12-15H2,(H,32,33). The molecular weight excluding hydrogens is 466 g/mol. The summed E-state index contributed by atoms with van der Waals surface area (Å²) in [6.07, 6.45) is 3.24. The highest BCUT2D eigenvalue weighted by molar-refractivity contribution is 6.24. The predicted octanol–water partition coefficient (Wildman–Crippen LogP) is 6.15. The van der Waals surface area contributed by atoms with E-state index in [1.807, 2.05) is 36.4 Å². The van der Waals surface area contributed by atoms with Crippen LogP contribution >= 0.6 is 11.8 Å². The summed E-state index contributed by atoms with van der Waals surface area (Å²) < 4.78 is 13.2. The van der Waals surface area contributed by atoms with Crippen molar-refractivity contribution in [3.05, 3.63) is 89.0 Å². The molecule has 1 saturated carbocycles. The summed E-state index contributed by atoms with van der Waals surface area (Å²) >= 11 is 6.25. The van der Waals surface area contributed by atoms with Gasteiger partial charge in [0.25, 0.3) is 5.91 Å². The maximum Gasteiger partial charge on any atom is 0.311 e. The number of carboxylic acid groups (broad SMARTS) is 1. The lowest BCUT2D eigenvalue weighted by Gasteiger charge is -2.25. The van der Waals surface area contributed by atoms with Crippen LogP contribution in [0.25, 0.3) is 0 Å². The summed E-state index contributed by atoms with van der Waals surface area (Å²) in [4.78, 5) is 24.4. The van der Waals surface area contributed by atoms with Gasteiger partial charge in [0.2, 0.25) is 0 Å². The maximum absolute atomic E-state index is 12.7. The molecule has 1 aliphatic heterocycles. The van der Waals surface area contributed by atoms with Crippen molar-refractivity contribution in [1.29, 1.82) is 0 Å². The number of nitrogens with zero attached hydrogens (tertiary/aromatic N) is 1. The molecule has 0 aromatic heterocycles. The molecule has 0 spiro atoms. The molecule has 35 heavy (non-hydrogen) atoms. The number of benzene rings is 3. The number of ether oxygens (including phenoxy) is 2. The number of carbonyl (C=O) groups is 2. The van der Waals surface area contributed by atoms with Crippen molar-refractivity contribution in [3.8, 4) is 17.2 Å². The Morgan fingerprint density at radius 3 is 2.43 bits per heavy atom. The van der Waals surface area contributed by atoms with Crippen LogP contribution in [-0.4, -0.2) is 34.6 Å². The van der Waals surface area contributed by atoms with Crippen molar-refractivity contribution >= 4 is 23.7 Å². The van der Waals surface area contributed by atoms with Crippen molar-refractivity contribution in [2.75, 3.05) is 13.2 Å². The van der Waals surface area contributed by atoms with Crippen LogP contribution < -0.4 is 9.47 Å². The van der Waals surface area contributed by atoms with E-state index in [9.17, 15) is 14.7 Å². The van der Waals surface area contributed by atoms with Gasteiger partial charge in [-0.3, -0.25) is 14.0 Å². The maximum atomic E-state index is 12.7. The molecule has 1 aliphatic carbocycles. The summed E-state index contributed by atoms with van der Waals surface area (Å²) in [6.45, 7) is 0.766. The summed E-state index contributed by atoms with van der Waals surface area (Å²) in [5, 5.41) is 9.61. The molecule has 1 N–H and O–H groups in total. The second-order valence-corrected chi connectivity index (χ2v) is 9.39. The van der Waals surface area contributed by atoms with E-state index >= 15 is 0 Å². The minimum absolute atomic E-state index is 0.269. The first-order valence-electron chi connectivity index (χ1n) is 11.8. The summed E-state index contributed by atoms with van der Waals surface area (Å²) in [5.41, 5.74) is 3.32. The SMILES string of the molecule is O=C(O)C1CCOc2cc(Oc3ccc(C(=O)N(Cl)CCc4ccccc4)cc3)c(C3CC3)cc21. The Hall–Kier alpha value is -3.51. The van der Waals surface area contributed by atoms with E-state index in [-0.39, 0.29) is 5.91 Å². The fourth-order valence-corrected chi connectivity index (χ4v) is 4.58. The Balaban J connectivity index is 1.29. The van der Waals surface area contributed by atoms with Crippen molar-refractivity contribution in [2.24, 2.45) is 0 Å². The second kappa shape index (κ2) is 10.0. The summed E-state index contributed by atoms with van der Waals surface area (Å²) in [7, 11) is 0. The number of hydrogen-bond donors (Lipinski definition) is 1. The zero-order chi connectivity index (χ0) is 24.4. The molecular formula is C28H26ClNO5. The molecule has 0 saturated heterocycles. The van der Waals surface area contributed by atoms with E-state index < -0.39 is 11.9 Å². The highest BCUT2D eigenvalue weighted by atomic mass is 35.5. The van der Waals surface area contributed by atoms with Gasteiger partial charge in [-0.05, 0) is 73.1 Å². The van der Waals surface area contributed by atoms with E-state index in [4.69, 9.17) is 21.3 Å². The third kappa shape index (κ3) is 5.28. The molecule has 1 atom stereocenters. The number of halogens is 1. The molecule has 180 valence electrons. The van der Waals surface area contributed by atoms with E-state index in [1.54, 1.807) is 30.3 Å². The first-order chi connectivity index (χ1) is 17.0. The monoisotopic (exact) mass is 491 g/mol. The van der Waals surface area contributed by atoms with Gasteiger partial charge >= 0.3 is 5.97 Å². The van der Waals surface area contributed by atoms with Crippen molar-refractivity contribution in [1.82, 2.24) is 4.42 Å². The van der Waals surface area contributed by atoms with Crippen molar-refractivity contribution in [2.45, 2.75) is 37.5 Å². The zero-order valence-electron chi connectivity index (χ0n) is 19.2. The summed E-state index contributed by atoms with van der Waals surface area (Å²) in [6, 6.07) is 20.5. The third-order valence-electron chi connectivity index (χ3n) is 6.49. The van der Waals surface area contributed by atoms with Gasteiger partial charge in [-0.25, -0.2) is 0 Å². The highest BCUT2D eigenvalue weighted by Gasteiger charge is 2.33. The molecule has 5 rings (SSSR count). The van der Waals surface area contributed by atoms with Gasteiger partial charge < -0.3 is 14.6 Å². The lowest BCUT2D eigenvalue weighted by Crippen LogP contribution is -2.23. The zero-order valence-corrected chi connectivity index (χ0v) is 19.9. The number of fused-ring (bicyclic) bond motifs is 1. The van der Waals surface area contributed by atoms with Crippen LogP contribution in [0.15, 0.2) is 66.7 Å². The number of carbonyl (C=O) groups excluding carboxylic acids is 1. The minimum Gasteiger partial charge on any atom is -0.493 e. The van der Waals surface area contributed by atoms with E-state index in [0.717, 1.165) is 29.5 Å². The fraction of sp³-hybridized carbons (Fsp3) is 0.286. The Bertz CT molecular complexity index is 1220. The van der Waals surface area contributed by atoms with E-state index in [2.05, 4.69) is 0 Å². The molecule has 3 aromatic rings. The van der Waals surface area contributed by atoms with Crippen LogP contribution in [0, 0.1) is 0 Å². The molecule has 1 amide bonds. The largest absolute Gasteiger partial charge is 0.493 e. The molecule has 0 radical (unpaired) electrons. The number of hydrogen-bond acceptors (Lipinski definition) is 4. The van der Waals surface area contributed by atoms with Crippen LogP contribution in [0.2, 0.25) is 0 Å². The second-order valence-electron chi connectivity index (χ2n) is 8.98. The molecule has 1 unspecified atom stereocenters. The molecule has 1 heterocycles. The molecule has 6 nitrogen and oxygen atoms in total. The molecule has 3 aromatic carbocycles. The Morgan fingerprint density at radius 2 is 1.74 bits per heavy atom. The van der Waals surface area contributed by atoms with E-state index in [1.165, 1.54) is 4.42 Å². The van der Waals surface area contributed by atoms with Crippen LogP contribution in [0.5, 0.6) is 17.2 Å². The Labute approximate surface area is 209 Å². The van der Waals surface area contributed by atoms with Crippen molar-refractivity contribution in [3.63, 3.8) is 0 Å². The van der Waals surface area contributed by atoms with Crippen molar-refractivity contribution < 1.29 is 24.2 Å². The number of aliphatic carboxylic acids is 1. The topological polar surface area (TPSA) is 76.1 Å². The quantitative estimate of drug-likeness (QED) is 0.383. The van der Waals surface area contributed by atoms with Gasteiger partial charge in [-0.2, -0.15) is 0 Å². The molecule has 7 heteroatoms. The average Bonchev–Trinajstić information content (AvgIpc) is 3.72. The van der Waals surface area contributed by atoms with Crippen LogP contribution in [0.3, 0.4) is 0 Å². The lowest BCUT2D eigenvalue weighted by molar-refractivity contribution is -0.139. The predicted molar refractivity (Wildman–Crippen MR) is 132 cm³/mol. The summed E-state index contributed by atoms with van der Waals surface area (Å²) in [5.74, 6) is 0.513. The molecule has 0 bridgehead atoms. The first-order valence-corrected chi connectivity index (χ1v) is 12.2. The number of amides is 1. The minimum atomic E-state index is -0.831. The lowest BCUT2D eigenvalue weighted by atomic mass is 9.90.